The second kappa shape index (κ2) is 9.42. The summed E-state index contributed by atoms with van der Waals surface area (Å²) in [7, 11) is 9.78. The number of halogens is 6. The van der Waals surface area contributed by atoms with Crippen LogP contribution in [0.3, 0.4) is 0 Å². The summed E-state index contributed by atoms with van der Waals surface area (Å²) in [4.78, 5) is 3.69. The number of benzene rings is 2. The first-order valence-electron chi connectivity index (χ1n) is 6.36. The number of hydrogen-bond acceptors (Lipinski definition) is 2. The van der Waals surface area contributed by atoms with Gasteiger partial charge in [-0.05, 0) is 36.8 Å². The van der Waals surface area contributed by atoms with E-state index in [1.165, 1.54) is 6.07 Å². The average molecular weight is 416 g/mol. The molecule has 0 aliphatic carbocycles. The first-order chi connectivity index (χ1) is 11.2. The fraction of sp³-hybridized carbons (Fsp3) is 0.133. The van der Waals surface area contributed by atoms with E-state index in [9.17, 15) is 22.7 Å². The number of aromatic hydroxyl groups is 1. The first kappa shape index (κ1) is 21.0. The summed E-state index contributed by atoms with van der Waals surface area (Å²) < 4.78 is 51.2. The first-order valence-corrected chi connectivity index (χ1v) is 10.7. The second-order valence-electron chi connectivity index (χ2n) is 4.51. The molecule has 2 nitrogen and oxygen atoms in total. The van der Waals surface area contributed by atoms with Gasteiger partial charge < -0.3 is 5.11 Å². The van der Waals surface area contributed by atoms with E-state index in [1.807, 2.05) is 0 Å². The molecule has 0 heterocycles. The van der Waals surface area contributed by atoms with Gasteiger partial charge in [-0.25, -0.2) is 4.39 Å². The van der Waals surface area contributed by atoms with E-state index in [-0.39, 0.29) is 5.75 Å². The number of nitrogens with zero attached hydrogens (tertiary/aromatic N) is 1. The molecular weight excluding hydrogens is 405 g/mol. The molecule has 0 spiro atoms. The van der Waals surface area contributed by atoms with Crippen molar-refractivity contribution in [3.63, 3.8) is 0 Å². The molecule has 0 saturated carbocycles. The van der Waals surface area contributed by atoms with E-state index >= 15 is 0 Å². The maximum atomic E-state index is 13.5. The van der Waals surface area contributed by atoms with Crippen LogP contribution in [0.15, 0.2) is 41.4 Å². The number of alkyl halides is 3. The summed E-state index contributed by atoms with van der Waals surface area (Å²) in [6.45, 7) is 1.66. The Hall–Kier alpha value is -1.08. The van der Waals surface area contributed by atoms with Crippen molar-refractivity contribution in [2.75, 3.05) is 0 Å². The molecule has 0 aromatic heterocycles. The van der Waals surface area contributed by atoms with E-state index in [2.05, 4.69) is 4.99 Å². The Morgan fingerprint density at radius 2 is 1.79 bits per heavy atom. The van der Waals surface area contributed by atoms with Crippen molar-refractivity contribution in [1.82, 2.24) is 0 Å². The van der Waals surface area contributed by atoms with Gasteiger partial charge in [0.25, 0.3) is 0 Å². The molecule has 0 atom stereocenters. The van der Waals surface area contributed by atoms with Crippen LogP contribution < -0.4 is 0 Å². The van der Waals surface area contributed by atoms with Crippen molar-refractivity contribution < 1.29 is 39.7 Å². The van der Waals surface area contributed by atoms with Gasteiger partial charge in [0.05, 0.1) is 11.3 Å². The van der Waals surface area contributed by atoms with Gasteiger partial charge in [0, 0.05) is 11.8 Å². The predicted octanol–water partition coefficient (Wildman–Crippen LogP) is 5.99. The molecule has 128 valence electrons. The third-order valence-corrected chi connectivity index (χ3v) is 2.89. The number of aryl methyl sites for hydroxylation is 1. The minimum atomic E-state index is -4.57. The molecule has 0 bridgehead atoms. The SMILES string of the molecule is Cc1cccc(C=Nc2cc(C(F)(F)F)ccc2F)c1O.[Cl][Ti][Cl]. The van der Waals surface area contributed by atoms with Crippen molar-refractivity contribution >= 4 is 30.5 Å². The third kappa shape index (κ3) is 6.09. The molecule has 9 heteroatoms. The molecule has 2 rings (SSSR count). The van der Waals surface area contributed by atoms with Gasteiger partial charge in [-0.1, -0.05) is 12.1 Å². The molecule has 24 heavy (non-hydrogen) atoms. The standard InChI is InChI=1S/C15H11F4NO.2ClH.Ti/c1-9-3-2-4-10(14(9)21)8-20-13-7-11(15(17,18)19)5-6-12(13)16;;;/h2-8,21H,1H3;2*1H;/q;;;+2/p-2. The van der Waals surface area contributed by atoms with E-state index in [0.29, 0.717) is 29.3 Å². The Balaban J connectivity index is 0.000000891. The summed E-state index contributed by atoms with van der Waals surface area (Å²) in [5.41, 5.74) is -0.537. The van der Waals surface area contributed by atoms with Gasteiger partial charge >= 0.3 is 41.8 Å². The number of aliphatic imine (C=N–C) groups is 1. The minimum absolute atomic E-state index is 0.0476. The van der Waals surface area contributed by atoms with Gasteiger partial charge in [0.2, 0.25) is 0 Å². The normalized spacial score (nSPS) is 11.1. The zero-order valence-corrected chi connectivity index (χ0v) is 15.3. The number of phenols is 1. The quantitative estimate of drug-likeness (QED) is 0.365. The topological polar surface area (TPSA) is 32.6 Å². The van der Waals surface area contributed by atoms with Crippen LogP contribution in [0.1, 0.15) is 16.7 Å². The molecule has 0 saturated heterocycles. The summed E-state index contributed by atoms with van der Waals surface area (Å²) in [6, 6.07) is 6.83. The Bertz CT molecular complexity index is 723. The molecule has 0 unspecified atom stereocenters. The van der Waals surface area contributed by atoms with Gasteiger partial charge in [0.15, 0.2) is 0 Å². The van der Waals surface area contributed by atoms with Gasteiger partial charge in [0.1, 0.15) is 11.6 Å². The van der Waals surface area contributed by atoms with Crippen LogP contribution in [-0.4, -0.2) is 11.3 Å². The Morgan fingerprint density at radius 1 is 1.17 bits per heavy atom. The number of phenolic OH excluding ortho intramolecular Hbond substituents is 1. The van der Waals surface area contributed by atoms with Crippen LogP contribution in [-0.2, 0) is 23.2 Å². The average Bonchev–Trinajstić information content (AvgIpc) is 2.50. The van der Waals surface area contributed by atoms with Crippen LogP contribution >= 0.6 is 18.6 Å². The molecule has 0 aliphatic heterocycles. The van der Waals surface area contributed by atoms with Crippen molar-refractivity contribution in [2.24, 2.45) is 4.99 Å². The zero-order valence-electron chi connectivity index (χ0n) is 12.2. The van der Waals surface area contributed by atoms with Crippen molar-refractivity contribution in [1.29, 1.82) is 0 Å². The van der Waals surface area contributed by atoms with Crippen molar-refractivity contribution in [3.8, 4) is 5.75 Å². The number of rotatable bonds is 2. The van der Waals surface area contributed by atoms with E-state index in [0.717, 1.165) is 6.21 Å². The molecule has 2 aromatic carbocycles. The molecule has 1 N–H and O–H groups in total. The van der Waals surface area contributed by atoms with Crippen LogP contribution in [0.2, 0.25) is 0 Å². The molecular formula is C15H11Cl2F4NOTi. The number of hydrogen-bond donors (Lipinski definition) is 1. The fourth-order valence-electron chi connectivity index (χ4n) is 1.71. The number of para-hydroxylation sites is 1. The van der Waals surface area contributed by atoms with Crippen LogP contribution in [0, 0.1) is 12.7 Å². The van der Waals surface area contributed by atoms with Gasteiger partial charge in [-0.15, -0.1) is 0 Å². The van der Waals surface area contributed by atoms with E-state index < -0.39 is 40.3 Å². The van der Waals surface area contributed by atoms with E-state index in [4.69, 9.17) is 18.6 Å². The summed E-state index contributed by atoms with van der Waals surface area (Å²) in [6.07, 6.45) is -3.44. The van der Waals surface area contributed by atoms with Crippen molar-refractivity contribution in [2.45, 2.75) is 13.1 Å². The molecule has 2 aromatic rings. The summed E-state index contributed by atoms with van der Waals surface area (Å²) in [5.74, 6) is -0.917. The zero-order chi connectivity index (χ0) is 18.3. The molecule has 0 amide bonds. The maximum absolute atomic E-state index is 13.5. The monoisotopic (exact) mass is 415 g/mol. The van der Waals surface area contributed by atoms with Crippen LogP contribution in [0.25, 0.3) is 0 Å². The molecule has 0 fully saturated rings. The molecule has 0 radical (unpaired) electrons. The fourth-order valence-corrected chi connectivity index (χ4v) is 1.71. The summed E-state index contributed by atoms with van der Waals surface area (Å²) >= 11 is -0.556. The Labute approximate surface area is 152 Å². The molecule has 0 aliphatic rings. The third-order valence-electron chi connectivity index (χ3n) is 2.89. The van der Waals surface area contributed by atoms with Crippen molar-refractivity contribution in [3.05, 3.63) is 58.9 Å². The van der Waals surface area contributed by atoms with Crippen LogP contribution in [0.4, 0.5) is 23.2 Å². The Morgan fingerprint density at radius 3 is 2.38 bits per heavy atom. The summed E-state index contributed by atoms with van der Waals surface area (Å²) in [5, 5.41) is 9.76. The van der Waals surface area contributed by atoms with Gasteiger partial charge in [-0.3, -0.25) is 4.99 Å². The Kier molecular flexibility index (Phi) is 8.23. The van der Waals surface area contributed by atoms with Crippen LogP contribution in [0.5, 0.6) is 5.75 Å². The second-order valence-corrected chi connectivity index (χ2v) is 7.09. The predicted molar refractivity (Wildman–Crippen MR) is 83.2 cm³/mol. The van der Waals surface area contributed by atoms with E-state index in [1.54, 1.807) is 19.1 Å². The van der Waals surface area contributed by atoms with Gasteiger partial charge in [-0.2, -0.15) is 13.2 Å².